The number of fused-ring (bicyclic) bond motifs is 3. The van der Waals surface area contributed by atoms with Gasteiger partial charge in [-0.2, -0.15) is 0 Å². The SMILES string of the molecule is C=CCO[C@@H]1OC(C)[C@H](O)C2OC(C)(C)OC21.C=CCO[C@@H]1OC(C)[C@H](O[C@@H]2OC[C@@H](OCc3ccccc3)C(OCc3ccccc3)C2C)C2OC(C)(C)OC21.CC1C(O)OC[C@@H](OCc2ccccc2)C1OCc1ccccc1.CC1C(OCc2ccccc2)[C@H](OCc2ccccc2)CO[C@H]1O[C@H]1C(C)OC(O)C2OC(C)(C)OC21. The first-order valence-electron chi connectivity index (χ1n) is 41.4. The Morgan fingerprint density at radius 1 is 0.314 bits per heavy atom. The largest absolute Gasteiger partial charge is 0.388 e. The number of benzene rings is 6. The normalized spacial score (nSPS) is 35.5. The highest BCUT2D eigenvalue weighted by molar-refractivity contribution is 5.19. The molecule has 6 aromatic carbocycles. The van der Waals surface area contributed by atoms with E-state index in [0.29, 0.717) is 72.7 Å². The first-order chi connectivity index (χ1) is 56.8. The zero-order valence-corrected chi connectivity index (χ0v) is 70.1. The smallest absolute Gasteiger partial charge is 0.187 e. The maximum absolute atomic E-state index is 10.4. The summed E-state index contributed by atoms with van der Waals surface area (Å²) in [6.07, 6.45) is -7.71. The summed E-state index contributed by atoms with van der Waals surface area (Å²) >= 11 is 0. The average Bonchev–Trinajstić information content (AvgIpc) is 1.60. The van der Waals surface area contributed by atoms with Gasteiger partial charge in [-0.3, -0.25) is 0 Å². The number of rotatable bonds is 28. The van der Waals surface area contributed by atoms with E-state index in [4.69, 9.17) is 104 Å². The van der Waals surface area contributed by atoms with Crippen molar-refractivity contribution in [1.82, 2.24) is 0 Å². The topological polar surface area (TPSA) is 264 Å². The van der Waals surface area contributed by atoms with Crippen LogP contribution in [0.1, 0.15) is 116 Å². The zero-order valence-electron chi connectivity index (χ0n) is 70.1. The van der Waals surface area contributed by atoms with Crippen molar-refractivity contribution in [2.45, 2.75) is 288 Å². The van der Waals surface area contributed by atoms with E-state index in [2.05, 4.69) is 51.3 Å². The molecule has 646 valence electrons. The van der Waals surface area contributed by atoms with E-state index in [0.717, 1.165) is 33.4 Å². The van der Waals surface area contributed by atoms with Crippen molar-refractivity contribution >= 4 is 0 Å². The summed E-state index contributed by atoms with van der Waals surface area (Å²) in [7, 11) is 0. The molecular weight excluding hydrogens is 1520 g/mol. The summed E-state index contributed by atoms with van der Waals surface area (Å²) in [5.74, 6) is -2.79. The molecule has 25 heteroatoms. The highest BCUT2D eigenvalue weighted by Gasteiger charge is 2.59. The van der Waals surface area contributed by atoms with Crippen LogP contribution in [0.15, 0.2) is 207 Å². The van der Waals surface area contributed by atoms with Crippen LogP contribution in [-0.2, 0) is 144 Å². The van der Waals surface area contributed by atoms with Crippen LogP contribution in [0.25, 0.3) is 0 Å². The molecule has 0 radical (unpaired) electrons. The standard InChI is InChI=1S/C32H42O8.C29H38O8.C20H24O4.C12H20O5/c1-6-17-33-31-29-28(39-32(4,5)40-29)27(22(3)37-31)38-30-21(2)26(35-19-24-15-11-8-12-16-24)25(20-36-30)34-18-23-13-9-7-10-14-23;1-18-23(32-16-21-13-9-6-10-14-21)22(31-15-20-11-7-5-8-12-20)17-33-28(18)35-24-19(2)34-27(30)26-25(24)36-29(3,4)37-26;1-15-19(23-13-17-10-6-3-7-11-17)18(14-24-20(15)21)22-12-16-8-4-2-5-9-16;1-5-6-14-11-10-9(8(13)7(2)15-11)16-12(3,4)17-10/h6-16,21-22,25-31H,1,17-20H2,2-5H3;5-14,18-19,22-28,30H,15-17H2,1-4H3;2-11,15,18-21H,12-14H2,1H3;5,7-11,13H,1,6H2,2-4H3/t21?,22?,25-,26?,27+,28?,29?,30+,31-;18?,19?,22-,23?,24+,25?,26?,27?,28+;15?,18-,19?,20?;7?,8-,9?,10?,11+/m1110/s1. The fourth-order valence-electron chi connectivity index (χ4n) is 16.0. The molecule has 0 bridgehead atoms. The molecule has 0 spiro atoms. The summed E-state index contributed by atoms with van der Waals surface area (Å²) < 4.78 is 134. The Hall–Kier alpha value is -6.20. The third-order valence-electron chi connectivity index (χ3n) is 22.1. The van der Waals surface area contributed by atoms with Crippen molar-refractivity contribution in [3.8, 4) is 0 Å². The quantitative estimate of drug-likeness (QED) is 0.0385. The van der Waals surface area contributed by atoms with Crippen LogP contribution >= 0.6 is 0 Å². The number of hydrogen-bond acceptors (Lipinski definition) is 25. The molecule has 15 rings (SSSR count). The minimum absolute atomic E-state index is 0.131. The van der Waals surface area contributed by atoms with E-state index >= 15 is 0 Å². The van der Waals surface area contributed by atoms with Crippen LogP contribution in [-0.4, -0.2) is 213 Å². The Bertz CT molecular complexity index is 3890. The second-order valence-corrected chi connectivity index (χ2v) is 32.8. The van der Waals surface area contributed by atoms with Crippen molar-refractivity contribution < 1.29 is 120 Å². The van der Waals surface area contributed by atoms with Gasteiger partial charge in [0.25, 0.3) is 0 Å². The minimum atomic E-state index is -1.08. The third kappa shape index (κ3) is 24.8. The minimum Gasteiger partial charge on any atom is -0.388 e. The number of ether oxygens (including phenoxy) is 22. The lowest BCUT2D eigenvalue weighted by atomic mass is 9.95. The van der Waals surface area contributed by atoms with Gasteiger partial charge in [-0.15, -0.1) is 13.2 Å². The maximum Gasteiger partial charge on any atom is 0.187 e. The van der Waals surface area contributed by atoms with E-state index in [9.17, 15) is 15.3 Å². The van der Waals surface area contributed by atoms with Crippen molar-refractivity contribution in [1.29, 1.82) is 0 Å². The second-order valence-electron chi connectivity index (χ2n) is 32.8. The molecule has 9 aliphatic heterocycles. The fraction of sp³-hybridized carbons (Fsp3) is 0.570. The van der Waals surface area contributed by atoms with Gasteiger partial charge in [-0.05, 0) is 95.7 Å². The van der Waals surface area contributed by atoms with Crippen molar-refractivity contribution in [3.63, 3.8) is 0 Å². The number of hydrogen-bond donors (Lipinski definition) is 3. The van der Waals surface area contributed by atoms with Gasteiger partial charge >= 0.3 is 0 Å². The maximum atomic E-state index is 10.4. The first kappa shape index (κ1) is 91.0. The molecule has 9 aliphatic rings. The lowest BCUT2D eigenvalue weighted by Gasteiger charge is -2.45. The molecule has 6 aromatic rings. The average molecular weight is 1640 g/mol. The van der Waals surface area contributed by atoms with Crippen molar-refractivity contribution in [3.05, 3.63) is 241 Å². The molecule has 25 nitrogen and oxygen atoms in total. The molecule has 0 saturated carbocycles. The molecule has 17 unspecified atom stereocenters. The number of aliphatic hydroxyl groups excluding tert-OH is 3. The highest BCUT2D eigenvalue weighted by atomic mass is 16.8. The molecule has 0 aliphatic carbocycles. The fourth-order valence-corrected chi connectivity index (χ4v) is 16.0. The Balaban J connectivity index is 0.000000151. The molecule has 27 atom stereocenters. The molecule has 3 N–H and O–H groups in total. The van der Waals surface area contributed by atoms with E-state index in [-0.39, 0.29) is 72.7 Å². The van der Waals surface area contributed by atoms with Crippen molar-refractivity contribution in [2.24, 2.45) is 17.8 Å². The predicted molar refractivity (Wildman–Crippen MR) is 434 cm³/mol. The van der Waals surface area contributed by atoms with E-state index in [1.165, 1.54) is 0 Å². The summed E-state index contributed by atoms with van der Waals surface area (Å²) in [4.78, 5) is 0. The van der Waals surface area contributed by atoms with Crippen molar-refractivity contribution in [2.75, 3.05) is 33.0 Å². The second kappa shape index (κ2) is 43.2. The van der Waals surface area contributed by atoms with Gasteiger partial charge in [0.15, 0.2) is 55.1 Å². The molecule has 9 heterocycles. The number of aliphatic hydroxyl groups is 3. The Morgan fingerprint density at radius 3 is 0.966 bits per heavy atom. The lowest BCUT2D eigenvalue weighted by Crippen LogP contribution is -2.60. The third-order valence-corrected chi connectivity index (χ3v) is 22.1. The molecule has 0 aromatic heterocycles. The molecule has 9 saturated heterocycles. The summed E-state index contributed by atoms with van der Waals surface area (Å²) in [5.41, 5.74) is 6.59. The van der Waals surface area contributed by atoms with Crippen LogP contribution in [0.2, 0.25) is 0 Å². The molecule has 118 heavy (non-hydrogen) atoms. The van der Waals surface area contributed by atoms with Crippen LogP contribution in [0, 0.1) is 17.8 Å². The van der Waals surface area contributed by atoms with Crippen LogP contribution < -0.4 is 0 Å². The molecular formula is C93H124O25. The lowest BCUT2D eigenvalue weighted by molar-refractivity contribution is -0.326. The summed E-state index contributed by atoms with van der Waals surface area (Å²) in [6.45, 7) is 34.6. The highest BCUT2D eigenvalue weighted by Crippen LogP contribution is 2.44. The van der Waals surface area contributed by atoms with Gasteiger partial charge in [-0.25, -0.2) is 0 Å². The van der Waals surface area contributed by atoms with Gasteiger partial charge in [0, 0.05) is 17.8 Å². The Labute approximate surface area is 695 Å². The Kier molecular flexibility index (Phi) is 33.3. The zero-order chi connectivity index (χ0) is 83.5. The van der Waals surface area contributed by atoms with E-state index in [1.807, 2.05) is 220 Å². The van der Waals surface area contributed by atoms with Crippen LogP contribution in [0.4, 0.5) is 0 Å². The van der Waals surface area contributed by atoms with Gasteiger partial charge in [-0.1, -0.05) is 215 Å². The molecule has 0 amide bonds. The van der Waals surface area contributed by atoms with Crippen LogP contribution in [0.3, 0.4) is 0 Å². The van der Waals surface area contributed by atoms with Gasteiger partial charge in [0.05, 0.1) is 109 Å². The van der Waals surface area contributed by atoms with Gasteiger partial charge < -0.3 is 120 Å². The predicted octanol–water partition coefficient (Wildman–Crippen LogP) is 12.8. The van der Waals surface area contributed by atoms with Crippen LogP contribution in [0.5, 0.6) is 0 Å². The van der Waals surface area contributed by atoms with E-state index < -0.39 is 110 Å². The summed E-state index contributed by atoms with van der Waals surface area (Å²) in [6, 6.07) is 60.5. The first-order valence-corrected chi connectivity index (χ1v) is 41.4. The monoisotopic (exact) mass is 1640 g/mol. The Morgan fingerprint density at radius 2 is 0.602 bits per heavy atom. The van der Waals surface area contributed by atoms with Gasteiger partial charge in [0.2, 0.25) is 0 Å². The summed E-state index contributed by atoms with van der Waals surface area (Å²) in [5, 5.41) is 30.4. The van der Waals surface area contributed by atoms with E-state index in [1.54, 1.807) is 19.1 Å². The van der Waals surface area contributed by atoms with Gasteiger partial charge in [0.1, 0.15) is 73.2 Å². The molecule has 9 fully saturated rings.